The summed E-state index contributed by atoms with van der Waals surface area (Å²) in [5, 5.41) is 6.63. The highest BCUT2D eigenvalue weighted by atomic mass is 16.5. The predicted molar refractivity (Wildman–Crippen MR) is 110 cm³/mol. The standard InChI is InChI=1S/C22H33N3O3/c1-2-28-21(26)9-14-24-20-5-3-19(4-6-20)22(27)25-15-10-18(11-16-25)17-7-12-23-13-8-17/h3-6,17-18,23-24H,2,7-16H2,1H3. The summed E-state index contributed by atoms with van der Waals surface area (Å²) in [7, 11) is 0. The van der Waals surface area contributed by atoms with Crippen LogP contribution in [0.4, 0.5) is 5.69 Å². The number of nitrogens with one attached hydrogen (secondary N) is 2. The van der Waals surface area contributed by atoms with Crippen LogP contribution in [0.2, 0.25) is 0 Å². The van der Waals surface area contributed by atoms with Crippen LogP contribution >= 0.6 is 0 Å². The van der Waals surface area contributed by atoms with Crippen molar-refractivity contribution in [2.75, 3.05) is 44.6 Å². The first-order valence-corrected chi connectivity index (χ1v) is 10.7. The van der Waals surface area contributed by atoms with E-state index >= 15 is 0 Å². The zero-order valence-corrected chi connectivity index (χ0v) is 16.9. The first-order chi connectivity index (χ1) is 13.7. The fourth-order valence-corrected chi connectivity index (χ4v) is 4.34. The fraction of sp³-hybridized carbons (Fsp3) is 0.636. The number of nitrogens with zero attached hydrogens (tertiary/aromatic N) is 1. The first kappa shape index (κ1) is 20.6. The number of amides is 1. The van der Waals surface area contributed by atoms with Crippen LogP contribution in [-0.4, -0.2) is 56.1 Å². The average Bonchev–Trinajstić information content (AvgIpc) is 2.75. The largest absolute Gasteiger partial charge is 0.466 e. The summed E-state index contributed by atoms with van der Waals surface area (Å²) < 4.78 is 4.91. The van der Waals surface area contributed by atoms with Gasteiger partial charge in [-0.25, -0.2) is 0 Å². The normalized spacial score (nSPS) is 18.7. The van der Waals surface area contributed by atoms with Crippen LogP contribution in [0.25, 0.3) is 0 Å². The smallest absolute Gasteiger partial charge is 0.307 e. The average molecular weight is 388 g/mol. The van der Waals surface area contributed by atoms with E-state index in [2.05, 4.69) is 10.6 Å². The zero-order valence-electron chi connectivity index (χ0n) is 16.9. The summed E-state index contributed by atoms with van der Waals surface area (Å²) >= 11 is 0. The van der Waals surface area contributed by atoms with Crippen molar-refractivity contribution in [1.82, 2.24) is 10.2 Å². The Morgan fingerprint density at radius 3 is 2.36 bits per heavy atom. The summed E-state index contributed by atoms with van der Waals surface area (Å²) in [6.45, 7) is 6.76. The summed E-state index contributed by atoms with van der Waals surface area (Å²) in [5.41, 5.74) is 1.64. The topological polar surface area (TPSA) is 70.7 Å². The van der Waals surface area contributed by atoms with Crippen LogP contribution in [0.1, 0.15) is 49.4 Å². The SMILES string of the molecule is CCOC(=O)CCNc1ccc(C(=O)N2CCC(C3CCNCC3)CC2)cc1. The van der Waals surface area contributed by atoms with Gasteiger partial charge in [0, 0.05) is 30.9 Å². The van der Waals surface area contributed by atoms with E-state index in [1.807, 2.05) is 29.2 Å². The third kappa shape index (κ3) is 5.71. The van der Waals surface area contributed by atoms with Crippen LogP contribution in [0.15, 0.2) is 24.3 Å². The quantitative estimate of drug-likeness (QED) is 0.704. The number of likely N-dealkylation sites (tertiary alicyclic amines) is 1. The Morgan fingerprint density at radius 2 is 1.71 bits per heavy atom. The monoisotopic (exact) mass is 387 g/mol. The van der Waals surface area contributed by atoms with Gasteiger partial charge in [-0.15, -0.1) is 0 Å². The minimum absolute atomic E-state index is 0.127. The van der Waals surface area contributed by atoms with E-state index < -0.39 is 0 Å². The molecule has 2 aliphatic rings. The lowest BCUT2D eigenvalue weighted by Crippen LogP contribution is -2.42. The van der Waals surface area contributed by atoms with Gasteiger partial charge in [0.25, 0.3) is 5.91 Å². The van der Waals surface area contributed by atoms with Gasteiger partial charge < -0.3 is 20.3 Å². The molecule has 0 bridgehead atoms. The maximum absolute atomic E-state index is 12.8. The molecule has 2 saturated heterocycles. The maximum atomic E-state index is 12.8. The summed E-state index contributed by atoms with van der Waals surface area (Å²) in [5.74, 6) is 1.53. The summed E-state index contributed by atoms with van der Waals surface area (Å²) in [6, 6.07) is 7.54. The van der Waals surface area contributed by atoms with Crippen molar-refractivity contribution >= 4 is 17.6 Å². The number of carbonyl (C=O) groups excluding carboxylic acids is 2. The number of benzene rings is 1. The van der Waals surface area contributed by atoms with E-state index in [0.717, 1.165) is 62.1 Å². The molecule has 28 heavy (non-hydrogen) atoms. The van der Waals surface area contributed by atoms with Crippen LogP contribution in [0.3, 0.4) is 0 Å². The second kappa shape index (κ2) is 10.5. The number of ether oxygens (including phenoxy) is 1. The number of hydrogen-bond acceptors (Lipinski definition) is 5. The third-order valence-corrected chi connectivity index (χ3v) is 5.97. The molecule has 0 unspecified atom stereocenters. The lowest BCUT2D eigenvalue weighted by molar-refractivity contribution is -0.142. The Kier molecular flexibility index (Phi) is 7.71. The van der Waals surface area contributed by atoms with Crippen molar-refractivity contribution in [3.05, 3.63) is 29.8 Å². The van der Waals surface area contributed by atoms with Gasteiger partial charge in [-0.1, -0.05) is 0 Å². The lowest BCUT2D eigenvalue weighted by Gasteiger charge is -2.37. The number of carbonyl (C=O) groups is 2. The fourth-order valence-electron chi connectivity index (χ4n) is 4.34. The molecule has 2 heterocycles. The minimum atomic E-state index is -0.199. The molecule has 0 aliphatic carbocycles. The van der Waals surface area contributed by atoms with E-state index in [9.17, 15) is 9.59 Å². The number of hydrogen-bond donors (Lipinski definition) is 2. The van der Waals surface area contributed by atoms with E-state index in [1.165, 1.54) is 12.8 Å². The maximum Gasteiger partial charge on any atom is 0.307 e. The van der Waals surface area contributed by atoms with Gasteiger partial charge in [0.2, 0.25) is 0 Å². The molecule has 6 nitrogen and oxygen atoms in total. The van der Waals surface area contributed by atoms with Gasteiger partial charge in [0.05, 0.1) is 13.0 Å². The summed E-state index contributed by atoms with van der Waals surface area (Å²) in [4.78, 5) is 26.2. The molecular weight excluding hydrogens is 354 g/mol. The van der Waals surface area contributed by atoms with E-state index in [0.29, 0.717) is 19.6 Å². The molecule has 0 saturated carbocycles. The van der Waals surface area contributed by atoms with Gasteiger partial charge in [-0.3, -0.25) is 9.59 Å². The highest BCUT2D eigenvalue weighted by Gasteiger charge is 2.29. The molecular formula is C22H33N3O3. The molecule has 2 fully saturated rings. The van der Waals surface area contributed by atoms with E-state index in [4.69, 9.17) is 4.74 Å². The van der Waals surface area contributed by atoms with Crippen LogP contribution in [0.5, 0.6) is 0 Å². The second-order valence-corrected chi connectivity index (χ2v) is 7.78. The second-order valence-electron chi connectivity index (χ2n) is 7.78. The highest BCUT2D eigenvalue weighted by Crippen LogP contribution is 2.31. The number of rotatable bonds is 7. The van der Waals surface area contributed by atoms with E-state index in [-0.39, 0.29) is 11.9 Å². The Bertz CT molecular complexity index is 633. The van der Waals surface area contributed by atoms with Crippen molar-refractivity contribution in [3.8, 4) is 0 Å². The van der Waals surface area contributed by atoms with Crippen molar-refractivity contribution in [2.24, 2.45) is 11.8 Å². The molecule has 154 valence electrons. The molecule has 0 spiro atoms. The van der Waals surface area contributed by atoms with Gasteiger partial charge in [-0.2, -0.15) is 0 Å². The molecule has 0 radical (unpaired) electrons. The molecule has 2 N–H and O–H groups in total. The van der Waals surface area contributed by atoms with Crippen LogP contribution in [-0.2, 0) is 9.53 Å². The first-order valence-electron chi connectivity index (χ1n) is 10.7. The number of piperidine rings is 2. The van der Waals surface area contributed by atoms with Crippen molar-refractivity contribution < 1.29 is 14.3 Å². The number of anilines is 1. The van der Waals surface area contributed by atoms with Crippen molar-refractivity contribution in [3.63, 3.8) is 0 Å². The van der Waals surface area contributed by atoms with Gasteiger partial charge in [0.1, 0.15) is 0 Å². The van der Waals surface area contributed by atoms with Crippen LogP contribution < -0.4 is 10.6 Å². The molecule has 1 amide bonds. The van der Waals surface area contributed by atoms with Crippen LogP contribution in [0, 0.1) is 11.8 Å². The molecule has 6 heteroatoms. The third-order valence-electron chi connectivity index (χ3n) is 5.97. The number of esters is 1. The van der Waals surface area contributed by atoms with Crippen molar-refractivity contribution in [2.45, 2.75) is 39.0 Å². The summed E-state index contributed by atoms with van der Waals surface area (Å²) in [6.07, 6.45) is 5.15. The molecule has 0 aromatic heterocycles. The minimum Gasteiger partial charge on any atom is -0.466 e. The Balaban J connectivity index is 1.44. The molecule has 1 aromatic carbocycles. The predicted octanol–water partition coefficient (Wildman–Crippen LogP) is 2.90. The van der Waals surface area contributed by atoms with Gasteiger partial charge in [-0.05, 0) is 81.8 Å². The lowest BCUT2D eigenvalue weighted by atomic mass is 9.79. The Labute approximate surface area is 168 Å². The van der Waals surface area contributed by atoms with Crippen molar-refractivity contribution in [1.29, 1.82) is 0 Å². The molecule has 3 rings (SSSR count). The van der Waals surface area contributed by atoms with Gasteiger partial charge >= 0.3 is 5.97 Å². The Morgan fingerprint density at radius 1 is 1.07 bits per heavy atom. The molecule has 2 aliphatic heterocycles. The highest BCUT2D eigenvalue weighted by molar-refractivity contribution is 5.94. The van der Waals surface area contributed by atoms with Gasteiger partial charge in [0.15, 0.2) is 0 Å². The zero-order chi connectivity index (χ0) is 19.8. The van der Waals surface area contributed by atoms with E-state index in [1.54, 1.807) is 6.92 Å². The molecule has 0 atom stereocenters. The molecule has 1 aromatic rings. The Hall–Kier alpha value is -2.08.